The van der Waals surface area contributed by atoms with E-state index >= 15 is 0 Å². The van der Waals surface area contributed by atoms with Gasteiger partial charge in [-0.2, -0.15) is 0 Å². The van der Waals surface area contributed by atoms with Gasteiger partial charge in [-0.25, -0.2) is 0 Å². The van der Waals surface area contributed by atoms with Crippen LogP contribution >= 0.6 is 0 Å². The minimum Gasteiger partial charge on any atom is -0.303 e. The largest absolute Gasteiger partial charge is 0.303 e. The summed E-state index contributed by atoms with van der Waals surface area (Å²) in [6, 6.07) is 0. The van der Waals surface area contributed by atoms with Crippen molar-refractivity contribution in [3.05, 3.63) is 12.2 Å². The van der Waals surface area contributed by atoms with Crippen LogP contribution in [0, 0.1) is 5.92 Å². The number of unbranched alkanes of at least 4 members (excludes halogenated alkanes) is 1. The van der Waals surface area contributed by atoms with Gasteiger partial charge in [0.05, 0.1) is 0 Å². The zero-order valence-electron chi connectivity index (χ0n) is 10.4. The summed E-state index contributed by atoms with van der Waals surface area (Å²) in [6.07, 6.45) is 8.46. The summed E-state index contributed by atoms with van der Waals surface area (Å²) in [5, 5.41) is 0. The fourth-order valence-corrected chi connectivity index (χ4v) is 1.44. The van der Waals surface area contributed by atoms with Crippen molar-refractivity contribution in [1.82, 2.24) is 4.90 Å². The van der Waals surface area contributed by atoms with Crippen molar-refractivity contribution in [2.45, 2.75) is 47.0 Å². The van der Waals surface area contributed by atoms with Crippen molar-refractivity contribution in [3.63, 3.8) is 0 Å². The predicted molar refractivity (Wildman–Crippen MR) is 65.6 cm³/mol. The highest BCUT2D eigenvalue weighted by Gasteiger charge is 1.98. The van der Waals surface area contributed by atoms with Gasteiger partial charge >= 0.3 is 0 Å². The number of hydrogen-bond acceptors (Lipinski definition) is 1. The summed E-state index contributed by atoms with van der Waals surface area (Å²) in [4.78, 5) is 2.54. The van der Waals surface area contributed by atoms with Gasteiger partial charge in [0.25, 0.3) is 0 Å². The van der Waals surface area contributed by atoms with Gasteiger partial charge in [0.1, 0.15) is 0 Å². The van der Waals surface area contributed by atoms with E-state index in [0.29, 0.717) is 5.92 Å². The second-order valence-electron chi connectivity index (χ2n) is 4.25. The first-order valence-corrected chi connectivity index (χ1v) is 6.09. The number of rotatable bonds is 8. The van der Waals surface area contributed by atoms with Gasteiger partial charge in [0.15, 0.2) is 0 Å². The maximum absolute atomic E-state index is 2.54. The van der Waals surface area contributed by atoms with Gasteiger partial charge in [-0.05, 0) is 31.8 Å². The molecule has 0 rings (SSSR count). The van der Waals surface area contributed by atoms with E-state index in [9.17, 15) is 0 Å². The van der Waals surface area contributed by atoms with Gasteiger partial charge in [-0.3, -0.25) is 0 Å². The molecule has 0 aliphatic carbocycles. The van der Waals surface area contributed by atoms with E-state index in [1.165, 1.54) is 38.9 Å². The summed E-state index contributed by atoms with van der Waals surface area (Å²) in [5.74, 6) is 0.695. The minimum absolute atomic E-state index is 0.695. The smallest absolute Gasteiger partial charge is 0.00158 e. The molecular weight excluding hydrogens is 170 g/mol. The van der Waals surface area contributed by atoms with E-state index < -0.39 is 0 Å². The Morgan fingerprint density at radius 2 is 1.86 bits per heavy atom. The minimum atomic E-state index is 0.695. The van der Waals surface area contributed by atoms with Crippen LogP contribution in [0.25, 0.3) is 0 Å². The van der Waals surface area contributed by atoms with E-state index in [2.05, 4.69) is 44.7 Å². The first-order valence-electron chi connectivity index (χ1n) is 6.09. The van der Waals surface area contributed by atoms with Crippen molar-refractivity contribution < 1.29 is 0 Å². The molecule has 1 heteroatoms. The maximum atomic E-state index is 2.54. The van der Waals surface area contributed by atoms with Gasteiger partial charge < -0.3 is 4.90 Å². The van der Waals surface area contributed by atoms with Crippen LogP contribution in [-0.2, 0) is 0 Å². The molecule has 0 aliphatic heterocycles. The molecule has 0 fully saturated rings. The lowest BCUT2D eigenvalue weighted by atomic mass is 10.2. The van der Waals surface area contributed by atoms with Gasteiger partial charge in [0.2, 0.25) is 0 Å². The zero-order valence-corrected chi connectivity index (χ0v) is 10.4. The summed E-state index contributed by atoms with van der Waals surface area (Å²) in [5.41, 5.74) is 0. The Balaban J connectivity index is 3.51. The Kier molecular flexibility index (Phi) is 9.06. The van der Waals surface area contributed by atoms with Crippen molar-refractivity contribution in [2.24, 2.45) is 5.92 Å². The molecule has 0 saturated heterocycles. The average Bonchev–Trinajstić information content (AvgIpc) is 2.16. The van der Waals surface area contributed by atoms with Crippen LogP contribution in [0.4, 0.5) is 0 Å². The molecule has 0 bridgehead atoms. The standard InChI is InChI=1S/C13H27N/c1-5-7-11-14(6-2)12-9-8-10-13(3)4/h8,10,13H,5-7,9,11-12H2,1-4H3/b10-8-. The van der Waals surface area contributed by atoms with Crippen LogP contribution in [-0.4, -0.2) is 24.5 Å². The van der Waals surface area contributed by atoms with Gasteiger partial charge in [-0.1, -0.05) is 46.3 Å². The topological polar surface area (TPSA) is 3.24 Å². The fourth-order valence-electron chi connectivity index (χ4n) is 1.44. The molecule has 1 nitrogen and oxygen atoms in total. The van der Waals surface area contributed by atoms with Crippen LogP contribution in [0.3, 0.4) is 0 Å². The molecule has 0 radical (unpaired) electrons. The zero-order chi connectivity index (χ0) is 10.8. The van der Waals surface area contributed by atoms with E-state index in [0.717, 1.165) is 0 Å². The van der Waals surface area contributed by atoms with Crippen LogP contribution in [0.5, 0.6) is 0 Å². The van der Waals surface area contributed by atoms with Crippen molar-refractivity contribution in [3.8, 4) is 0 Å². The third kappa shape index (κ3) is 8.31. The fraction of sp³-hybridized carbons (Fsp3) is 0.846. The van der Waals surface area contributed by atoms with Crippen LogP contribution < -0.4 is 0 Å². The quantitative estimate of drug-likeness (QED) is 0.536. The maximum Gasteiger partial charge on any atom is 0.00158 e. The Morgan fingerprint density at radius 1 is 1.14 bits per heavy atom. The average molecular weight is 197 g/mol. The lowest BCUT2D eigenvalue weighted by Gasteiger charge is -2.18. The molecule has 0 unspecified atom stereocenters. The lowest BCUT2D eigenvalue weighted by Crippen LogP contribution is -2.25. The van der Waals surface area contributed by atoms with Gasteiger partial charge in [-0.15, -0.1) is 0 Å². The highest BCUT2D eigenvalue weighted by atomic mass is 15.1. The van der Waals surface area contributed by atoms with Crippen LogP contribution in [0.15, 0.2) is 12.2 Å². The molecule has 0 aliphatic rings. The van der Waals surface area contributed by atoms with Crippen LogP contribution in [0.1, 0.15) is 47.0 Å². The monoisotopic (exact) mass is 197 g/mol. The molecule has 0 spiro atoms. The normalized spacial score (nSPS) is 12.1. The Labute approximate surface area is 90.2 Å². The van der Waals surface area contributed by atoms with E-state index in [1.807, 2.05) is 0 Å². The SMILES string of the molecule is CCCCN(CC)CC/C=C\C(C)C. The first kappa shape index (κ1) is 13.7. The molecule has 0 saturated carbocycles. The third-order valence-corrected chi connectivity index (χ3v) is 2.41. The van der Waals surface area contributed by atoms with E-state index in [1.54, 1.807) is 0 Å². The highest BCUT2D eigenvalue weighted by Crippen LogP contribution is 1.99. The first-order chi connectivity index (χ1) is 6.70. The summed E-state index contributed by atoms with van der Waals surface area (Å²) in [6.45, 7) is 12.6. The van der Waals surface area contributed by atoms with Crippen LogP contribution in [0.2, 0.25) is 0 Å². The molecule has 0 atom stereocenters. The molecule has 0 heterocycles. The third-order valence-electron chi connectivity index (χ3n) is 2.41. The summed E-state index contributed by atoms with van der Waals surface area (Å²) >= 11 is 0. The number of hydrogen-bond donors (Lipinski definition) is 0. The van der Waals surface area contributed by atoms with E-state index in [-0.39, 0.29) is 0 Å². The molecule has 0 aromatic carbocycles. The number of allylic oxidation sites excluding steroid dienone is 1. The molecule has 0 aromatic rings. The summed E-state index contributed by atoms with van der Waals surface area (Å²) < 4.78 is 0. The molecule has 84 valence electrons. The van der Waals surface area contributed by atoms with Crippen molar-refractivity contribution in [1.29, 1.82) is 0 Å². The lowest BCUT2D eigenvalue weighted by molar-refractivity contribution is 0.289. The molecule has 14 heavy (non-hydrogen) atoms. The highest BCUT2D eigenvalue weighted by molar-refractivity contribution is 4.85. The molecule has 0 N–H and O–H groups in total. The van der Waals surface area contributed by atoms with Crippen molar-refractivity contribution in [2.75, 3.05) is 19.6 Å². The molecular formula is C13H27N. The Bertz CT molecular complexity index is 138. The Morgan fingerprint density at radius 3 is 2.36 bits per heavy atom. The Hall–Kier alpha value is -0.300. The molecule has 0 aromatic heterocycles. The predicted octanol–water partition coefficient (Wildman–Crippen LogP) is 3.71. The van der Waals surface area contributed by atoms with Crippen molar-refractivity contribution >= 4 is 0 Å². The summed E-state index contributed by atoms with van der Waals surface area (Å²) in [7, 11) is 0. The second-order valence-corrected chi connectivity index (χ2v) is 4.25. The second kappa shape index (κ2) is 9.26. The number of nitrogens with zero attached hydrogens (tertiary/aromatic N) is 1. The van der Waals surface area contributed by atoms with E-state index in [4.69, 9.17) is 0 Å². The van der Waals surface area contributed by atoms with Gasteiger partial charge in [0, 0.05) is 6.54 Å². The molecule has 0 amide bonds.